The molecule has 21 heavy (non-hydrogen) atoms. The molecule has 0 radical (unpaired) electrons. The van der Waals surface area contributed by atoms with Gasteiger partial charge in [0, 0.05) is 18.1 Å². The summed E-state index contributed by atoms with van der Waals surface area (Å²) in [6.45, 7) is 0. The van der Waals surface area contributed by atoms with E-state index >= 15 is 0 Å². The highest BCUT2D eigenvalue weighted by Crippen LogP contribution is 2.21. The Labute approximate surface area is 115 Å². The Balaban J connectivity index is 3.21. The van der Waals surface area contributed by atoms with Gasteiger partial charge in [0.1, 0.15) is 0 Å². The molecule has 12 nitrogen and oxygen atoms in total. The lowest BCUT2D eigenvalue weighted by Gasteiger charge is -2.12. The van der Waals surface area contributed by atoms with Crippen LogP contribution in [0.3, 0.4) is 0 Å². The second kappa shape index (κ2) is 6.23. The molecule has 1 atom stereocenters. The van der Waals surface area contributed by atoms with Crippen LogP contribution in [0.1, 0.15) is 5.56 Å². The van der Waals surface area contributed by atoms with Crippen LogP contribution in [0.5, 0.6) is 0 Å². The highest BCUT2D eigenvalue weighted by atomic mass is 16.8. The lowest BCUT2D eigenvalue weighted by atomic mass is 10.0. The average Bonchev–Trinajstić information content (AvgIpc) is 2.37. The first-order valence-electron chi connectivity index (χ1n) is 5.28. The number of nitrogens with zero attached hydrogens (tertiary/aromatic N) is 4. The number of nitro benzene ring substituents is 1. The van der Waals surface area contributed by atoms with Crippen LogP contribution in [0.25, 0.3) is 0 Å². The van der Waals surface area contributed by atoms with Crippen LogP contribution in [0.2, 0.25) is 0 Å². The van der Waals surface area contributed by atoms with Crippen LogP contribution in [0, 0.1) is 30.3 Å². The Hall–Kier alpha value is -3.31. The average molecular weight is 300 g/mol. The van der Waals surface area contributed by atoms with E-state index in [2.05, 4.69) is 0 Å². The quantitative estimate of drug-likeness (QED) is 0.548. The fraction of sp³-hybridized carbons (Fsp3) is 0.222. The Morgan fingerprint density at radius 1 is 1.14 bits per heavy atom. The summed E-state index contributed by atoms with van der Waals surface area (Å²) in [6, 6.07) is 2.72. The molecule has 0 saturated heterocycles. The number of carboxylic acid groups (broad SMARTS) is 1. The highest BCUT2D eigenvalue weighted by Gasteiger charge is 2.44. The second-order valence-electron chi connectivity index (χ2n) is 3.74. The molecule has 112 valence electrons. The molecule has 0 bridgehead atoms. The van der Waals surface area contributed by atoms with Crippen molar-refractivity contribution in [2.24, 2.45) is 0 Å². The van der Waals surface area contributed by atoms with Crippen molar-refractivity contribution in [3.05, 3.63) is 60.2 Å². The van der Waals surface area contributed by atoms with Gasteiger partial charge in [-0.25, -0.2) is 25.0 Å². The molecule has 0 aromatic heterocycles. The van der Waals surface area contributed by atoms with Gasteiger partial charge in [0.15, 0.2) is 5.12 Å². The van der Waals surface area contributed by atoms with E-state index in [0.717, 1.165) is 6.07 Å². The van der Waals surface area contributed by atoms with Crippen molar-refractivity contribution in [2.45, 2.75) is 12.5 Å². The molecule has 0 aliphatic heterocycles. The van der Waals surface area contributed by atoms with Crippen LogP contribution >= 0.6 is 0 Å². The van der Waals surface area contributed by atoms with E-state index in [4.69, 9.17) is 5.11 Å². The van der Waals surface area contributed by atoms with E-state index in [0.29, 0.717) is 0 Å². The first-order chi connectivity index (χ1) is 9.75. The number of para-hydroxylation sites is 1. The highest BCUT2D eigenvalue weighted by molar-refractivity contribution is 5.73. The van der Waals surface area contributed by atoms with Crippen LogP contribution < -0.4 is 0 Å². The van der Waals surface area contributed by atoms with Gasteiger partial charge in [-0.05, 0) is 0 Å². The summed E-state index contributed by atoms with van der Waals surface area (Å²) < 4.78 is 0. The van der Waals surface area contributed by atoms with Crippen molar-refractivity contribution in [1.29, 1.82) is 0 Å². The van der Waals surface area contributed by atoms with Crippen molar-refractivity contribution >= 4 is 11.7 Å². The molecular formula is C9H8N4O8. The molecule has 1 rings (SSSR count). The third-order valence-corrected chi connectivity index (χ3v) is 2.50. The Morgan fingerprint density at radius 3 is 2.10 bits per heavy atom. The third-order valence-electron chi connectivity index (χ3n) is 2.50. The fourth-order valence-corrected chi connectivity index (χ4v) is 1.62. The SMILES string of the molecule is O=C(O)C(Cc1ccccc1[N+](=O)[O-])N([N+](=O)[O-])[N+](=O)[O-]. The van der Waals surface area contributed by atoms with E-state index in [1.165, 1.54) is 18.2 Å². The van der Waals surface area contributed by atoms with Crippen LogP contribution in [0.4, 0.5) is 5.69 Å². The number of hydrogen-bond acceptors (Lipinski definition) is 7. The molecule has 1 unspecified atom stereocenters. The Kier molecular flexibility index (Phi) is 4.67. The maximum Gasteiger partial charge on any atom is 0.339 e. The van der Waals surface area contributed by atoms with Gasteiger partial charge in [-0.3, -0.25) is 10.1 Å². The molecule has 0 aliphatic rings. The van der Waals surface area contributed by atoms with Crippen LogP contribution in [-0.4, -0.2) is 37.2 Å². The molecular weight excluding hydrogens is 292 g/mol. The molecule has 12 heteroatoms. The molecule has 0 spiro atoms. The summed E-state index contributed by atoms with van der Waals surface area (Å²) in [5.74, 6) is -1.85. The molecule has 0 fully saturated rings. The normalized spacial score (nSPS) is 11.4. The first kappa shape index (κ1) is 15.7. The van der Waals surface area contributed by atoms with Crippen LogP contribution in [-0.2, 0) is 11.2 Å². The van der Waals surface area contributed by atoms with E-state index in [1.54, 1.807) is 0 Å². The summed E-state index contributed by atoms with van der Waals surface area (Å²) in [5.41, 5.74) is -0.640. The minimum Gasteiger partial charge on any atom is -0.479 e. The van der Waals surface area contributed by atoms with Gasteiger partial charge in [-0.15, -0.1) is 0 Å². The maximum absolute atomic E-state index is 11.0. The summed E-state index contributed by atoms with van der Waals surface area (Å²) in [4.78, 5) is 42.2. The van der Waals surface area contributed by atoms with Crippen molar-refractivity contribution in [3.63, 3.8) is 0 Å². The molecule has 0 heterocycles. The van der Waals surface area contributed by atoms with Gasteiger partial charge < -0.3 is 5.11 Å². The van der Waals surface area contributed by atoms with Crippen LogP contribution in [0.15, 0.2) is 24.3 Å². The summed E-state index contributed by atoms with van der Waals surface area (Å²) in [7, 11) is 0. The minimum atomic E-state index is -2.18. The topological polar surface area (TPSA) is 170 Å². The minimum absolute atomic E-state index is 0.163. The van der Waals surface area contributed by atoms with Gasteiger partial charge in [0.2, 0.25) is 10.1 Å². The van der Waals surface area contributed by atoms with E-state index in [1.807, 2.05) is 0 Å². The van der Waals surface area contributed by atoms with E-state index in [9.17, 15) is 35.1 Å². The Morgan fingerprint density at radius 2 is 1.67 bits per heavy atom. The van der Waals surface area contributed by atoms with E-state index < -0.39 is 44.2 Å². The number of nitro groups is 3. The van der Waals surface area contributed by atoms with Crippen molar-refractivity contribution in [2.75, 3.05) is 0 Å². The molecule has 0 amide bonds. The summed E-state index contributed by atoms with van der Waals surface area (Å²) >= 11 is 0. The lowest BCUT2D eigenvalue weighted by Crippen LogP contribution is -2.49. The molecule has 1 aromatic carbocycles. The van der Waals surface area contributed by atoms with Crippen molar-refractivity contribution in [1.82, 2.24) is 5.12 Å². The predicted octanol–water partition coefficient (Wildman–Crippen LogP) is 0.276. The van der Waals surface area contributed by atoms with Gasteiger partial charge in [-0.2, -0.15) is 0 Å². The smallest absolute Gasteiger partial charge is 0.339 e. The second-order valence-corrected chi connectivity index (χ2v) is 3.74. The lowest BCUT2D eigenvalue weighted by molar-refractivity contribution is -0.912. The van der Waals surface area contributed by atoms with Crippen molar-refractivity contribution < 1.29 is 24.9 Å². The number of aliphatic carboxylic acids is 1. The zero-order valence-electron chi connectivity index (χ0n) is 10.2. The van der Waals surface area contributed by atoms with Gasteiger partial charge in [0.05, 0.1) is 4.92 Å². The fourth-order valence-electron chi connectivity index (χ4n) is 1.62. The standard InChI is InChI=1S/C9H8N4O8/c14-9(15)8(10(12(18)19)13(20)21)5-6-3-1-2-4-7(6)11(16)17/h1-4,8H,5H2,(H,14,15). The summed E-state index contributed by atoms with van der Waals surface area (Å²) in [5, 5.41) is 37.2. The third kappa shape index (κ3) is 3.59. The Bertz CT molecular complexity index is 589. The zero-order valence-corrected chi connectivity index (χ0v) is 10.2. The summed E-state index contributed by atoms with van der Waals surface area (Å²) in [6.07, 6.45) is -0.769. The van der Waals surface area contributed by atoms with Gasteiger partial charge in [0.25, 0.3) is 11.7 Å². The van der Waals surface area contributed by atoms with Gasteiger partial charge >= 0.3 is 5.97 Å². The number of hydrazine groups is 2. The maximum atomic E-state index is 11.0. The van der Waals surface area contributed by atoms with E-state index in [-0.39, 0.29) is 5.56 Å². The zero-order chi connectivity index (χ0) is 16.2. The van der Waals surface area contributed by atoms with Crippen molar-refractivity contribution in [3.8, 4) is 0 Å². The number of carbonyl (C=O) groups is 1. The number of hydrogen-bond donors (Lipinski definition) is 1. The number of rotatable bonds is 7. The number of benzene rings is 1. The first-order valence-corrected chi connectivity index (χ1v) is 5.28. The number of carboxylic acids is 1. The van der Waals surface area contributed by atoms with Gasteiger partial charge in [-0.1, -0.05) is 18.2 Å². The molecule has 1 aromatic rings. The molecule has 0 aliphatic carbocycles. The molecule has 1 N–H and O–H groups in total. The predicted molar refractivity (Wildman–Crippen MR) is 64.1 cm³/mol. The largest absolute Gasteiger partial charge is 0.479 e. The monoisotopic (exact) mass is 300 g/mol. The molecule has 0 saturated carbocycles.